The molecule has 0 unspecified atom stereocenters. The number of rotatable bonds is 3. The Labute approximate surface area is 119 Å². The maximum Gasteiger partial charge on any atom is 0.333 e. The molecular weight excluding hydrogens is 274 g/mol. The van der Waals surface area contributed by atoms with Gasteiger partial charge in [0.2, 0.25) is 0 Å². The van der Waals surface area contributed by atoms with Crippen LogP contribution in [0.25, 0.3) is 5.69 Å². The zero-order chi connectivity index (χ0) is 15.6. The van der Waals surface area contributed by atoms with Gasteiger partial charge in [-0.1, -0.05) is 6.07 Å². The van der Waals surface area contributed by atoms with Crippen molar-refractivity contribution in [2.75, 3.05) is 7.11 Å². The molecule has 7 nitrogen and oxygen atoms in total. The number of aromatic nitrogens is 2. The van der Waals surface area contributed by atoms with Gasteiger partial charge >= 0.3 is 5.69 Å². The summed E-state index contributed by atoms with van der Waals surface area (Å²) in [5.41, 5.74) is -1.64. The van der Waals surface area contributed by atoms with Gasteiger partial charge in [0.25, 0.3) is 5.56 Å². The van der Waals surface area contributed by atoms with E-state index in [1.165, 1.54) is 26.2 Å². The van der Waals surface area contributed by atoms with Gasteiger partial charge in [-0.25, -0.2) is 9.36 Å². The number of nitriles is 1. The molecule has 0 saturated heterocycles. The number of aromatic amines is 1. The van der Waals surface area contributed by atoms with Crippen LogP contribution < -0.4 is 16.0 Å². The molecule has 0 fully saturated rings. The van der Waals surface area contributed by atoms with E-state index >= 15 is 0 Å². The second kappa shape index (κ2) is 5.46. The number of hydrogen-bond acceptors (Lipinski definition) is 5. The third kappa shape index (κ3) is 2.34. The third-order valence-electron chi connectivity index (χ3n) is 2.92. The van der Waals surface area contributed by atoms with Gasteiger partial charge in [-0.15, -0.1) is 0 Å². The molecule has 1 heterocycles. The first-order chi connectivity index (χ1) is 10.0. The van der Waals surface area contributed by atoms with Gasteiger partial charge < -0.3 is 9.72 Å². The van der Waals surface area contributed by atoms with E-state index in [0.717, 1.165) is 10.8 Å². The summed E-state index contributed by atoms with van der Waals surface area (Å²) in [4.78, 5) is 38.1. The number of ether oxygens (including phenoxy) is 1. The Morgan fingerprint density at radius 3 is 2.67 bits per heavy atom. The van der Waals surface area contributed by atoms with Crippen molar-refractivity contribution in [1.29, 1.82) is 5.26 Å². The van der Waals surface area contributed by atoms with E-state index < -0.39 is 17.0 Å². The van der Waals surface area contributed by atoms with Crippen molar-refractivity contribution in [2.24, 2.45) is 0 Å². The van der Waals surface area contributed by atoms with E-state index in [1.807, 2.05) is 6.07 Å². The summed E-state index contributed by atoms with van der Waals surface area (Å²) in [6.07, 6.45) is 1.06. The molecule has 0 spiro atoms. The lowest BCUT2D eigenvalue weighted by Gasteiger charge is -2.11. The topological polar surface area (TPSA) is 105 Å². The van der Waals surface area contributed by atoms with Crippen LogP contribution in [0.4, 0.5) is 0 Å². The maximum atomic E-state index is 12.3. The highest BCUT2D eigenvalue weighted by Gasteiger charge is 2.18. The fourth-order valence-corrected chi connectivity index (χ4v) is 1.94. The second-order valence-corrected chi connectivity index (χ2v) is 4.17. The molecule has 21 heavy (non-hydrogen) atoms. The van der Waals surface area contributed by atoms with Crippen LogP contribution in [0, 0.1) is 11.3 Å². The van der Waals surface area contributed by atoms with Crippen molar-refractivity contribution in [3.63, 3.8) is 0 Å². The summed E-state index contributed by atoms with van der Waals surface area (Å²) >= 11 is 0. The van der Waals surface area contributed by atoms with Gasteiger partial charge in [0, 0.05) is 6.20 Å². The minimum atomic E-state index is -0.799. The third-order valence-corrected chi connectivity index (χ3v) is 2.92. The first kappa shape index (κ1) is 14.3. The van der Waals surface area contributed by atoms with Gasteiger partial charge in [-0.3, -0.25) is 9.59 Å². The number of H-pyrrole nitrogens is 1. The summed E-state index contributed by atoms with van der Waals surface area (Å²) in [7, 11) is 1.36. The number of carbonyl (C=O) groups excluding carboxylic acids is 1. The van der Waals surface area contributed by atoms with Crippen LogP contribution >= 0.6 is 0 Å². The lowest BCUT2D eigenvalue weighted by molar-refractivity contribution is 0.101. The van der Waals surface area contributed by atoms with Crippen LogP contribution in [0.15, 0.2) is 34.0 Å². The van der Waals surface area contributed by atoms with Crippen molar-refractivity contribution < 1.29 is 9.53 Å². The molecule has 1 N–H and O–H groups in total. The number of Topliss-reactive ketones (excluding diaryl/α,β-unsaturated/α-hetero) is 1. The van der Waals surface area contributed by atoms with Gasteiger partial charge in [0.05, 0.1) is 18.2 Å². The van der Waals surface area contributed by atoms with E-state index in [1.54, 1.807) is 6.07 Å². The van der Waals surface area contributed by atoms with Crippen molar-refractivity contribution in [1.82, 2.24) is 9.55 Å². The Bertz CT molecular complexity index is 871. The average molecular weight is 285 g/mol. The van der Waals surface area contributed by atoms with E-state index in [0.29, 0.717) is 0 Å². The van der Waals surface area contributed by atoms with Crippen molar-refractivity contribution in [2.45, 2.75) is 6.92 Å². The molecule has 0 saturated carbocycles. The molecule has 1 aromatic heterocycles. The molecule has 2 aromatic rings. The smallest absolute Gasteiger partial charge is 0.333 e. The van der Waals surface area contributed by atoms with E-state index in [9.17, 15) is 14.4 Å². The van der Waals surface area contributed by atoms with Gasteiger partial charge in [-0.05, 0) is 19.1 Å². The summed E-state index contributed by atoms with van der Waals surface area (Å²) in [6.45, 7) is 1.22. The zero-order valence-electron chi connectivity index (χ0n) is 11.3. The Morgan fingerprint density at radius 1 is 1.38 bits per heavy atom. The number of para-hydroxylation sites is 1. The Balaban J connectivity index is 2.96. The second-order valence-electron chi connectivity index (χ2n) is 4.17. The first-order valence-electron chi connectivity index (χ1n) is 5.94. The summed E-state index contributed by atoms with van der Waals surface area (Å²) in [5.74, 6) is -0.305. The van der Waals surface area contributed by atoms with Crippen LogP contribution in [0.3, 0.4) is 0 Å². The molecule has 106 valence electrons. The number of ketones is 1. The highest BCUT2D eigenvalue weighted by Crippen LogP contribution is 2.23. The molecular formula is C14H11N3O4. The molecule has 0 amide bonds. The Kier molecular flexibility index (Phi) is 3.71. The summed E-state index contributed by atoms with van der Waals surface area (Å²) in [6, 6.07) is 6.42. The Hall–Kier alpha value is -3.14. The van der Waals surface area contributed by atoms with Crippen molar-refractivity contribution in [3.8, 4) is 17.5 Å². The van der Waals surface area contributed by atoms with Crippen molar-refractivity contribution >= 4 is 5.78 Å². The standard InChI is InChI=1S/C14H11N3O4/c1-8(18)10-7-16-14(20)17(13(10)19)12-9(6-15)4-3-5-11(12)21-2/h3-5,7H,1-2H3,(H,16,20). The van der Waals surface area contributed by atoms with Crippen LogP contribution in [0.2, 0.25) is 0 Å². The largest absolute Gasteiger partial charge is 0.495 e. The Morgan fingerprint density at radius 2 is 2.10 bits per heavy atom. The SMILES string of the molecule is COc1cccc(C#N)c1-n1c(=O)[nH]cc(C(C)=O)c1=O. The summed E-state index contributed by atoms with van der Waals surface area (Å²) in [5, 5.41) is 9.16. The number of hydrogen-bond donors (Lipinski definition) is 1. The fourth-order valence-electron chi connectivity index (χ4n) is 1.94. The molecule has 0 aliphatic heterocycles. The van der Waals surface area contributed by atoms with Crippen molar-refractivity contribution in [3.05, 3.63) is 56.4 Å². The predicted octanol–water partition coefficient (Wildman–Crippen LogP) is 0.609. The zero-order valence-corrected chi connectivity index (χ0v) is 11.3. The number of carbonyl (C=O) groups is 1. The number of benzene rings is 1. The molecule has 0 aliphatic carbocycles. The molecule has 1 aromatic carbocycles. The van der Waals surface area contributed by atoms with Gasteiger partial charge in [-0.2, -0.15) is 5.26 Å². The molecule has 0 radical (unpaired) electrons. The van der Waals surface area contributed by atoms with Crippen LogP contribution in [0.1, 0.15) is 22.8 Å². The quantitative estimate of drug-likeness (QED) is 0.832. The van der Waals surface area contributed by atoms with Crippen LogP contribution in [0.5, 0.6) is 5.75 Å². The van der Waals surface area contributed by atoms with Gasteiger partial charge in [0.1, 0.15) is 17.5 Å². The highest BCUT2D eigenvalue weighted by molar-refractivity contribution is 5.93. The molecule has 0 bridgehead atoms. The van der Waals surface area contributed by atoms with E-state index in [4.69, 9.17) is 10.00 Å². The number of nitrogens with one attached hydrogen (secondary N) is 1. The number of nitrogens with zero attached hydrogens (tertiary/aromatic N) is 2. The molecule has 2 rings (SSSR count). The first-order valence-corrected chi connectivity index (χ1v) is 5.94. The molecule has 7 heteroatoms. The lowest BCUT2D eigenvalue weighted by Crippen LogP contribution is -2.37. The molecule has 0 atom stereocenters. The maximum absolute atomic E-state index is 12.3. The minimum Gasteiger partial charge on any atom is -0.495 e. The van der Waals surface area contributed by atoms with Gasteiger partial charge in [0.15, 0.2) is 5.78 Å². The number of methoxy groups -OCH3 is 1. The monoisotopic (exact) mass is 285 g/mol. The normalized spacial score (nSPS) is 9.95. The minimum absolute atomic E-state index is 0.0110. The lowest BCUT2D eigenvalue weighted by atomic mass is 10.1. The van der Waals surface area contributed by atoms with Crippen LogP contribution in [-0.2, 0) is 0 Å². The van der Waals surface area contributed by atoms with Crippen LogP contribution in [-0.4, -0.2) is 22.4 Å². The predicted molar refractivity (Wildman–Crippen MR) is 73.9 cm³/mol. The average Bonchev–Trinajstić information content (AvgIpc) is 2.46. The fraction of sp³-hybridized carbons (Fsp3) is 0.143. The highest BCUT2D eigenvalue weighted by atomic mass is 16.5. The van der Waals surface area contributed by atoms with E-state index in [2.05, 4.69) is 4.98 Å². The molecule has 0 aliphatic rings. The summed E-state index contributed by atoms with van der Waals surface area (Å²) < 4.78 is 5.83. The van der Waals surface area contributed by atoms with E-state index in [-0.39, 0.29) is 22.6 Å².